The molecule has 0 aliphatic carbocycles. The van der Waals surface area contributed by atoms with Crippen molar-refractivity contribution in [1.82, 2.24) is 14.9 Å². The molecule has 0 unspecified atom stereocenters. The predicted octanol–water partition coefficient (Wildman–Crippen LogP) is 1.92. The molecule has 1 saturated heterocycles. The van der Waals surface area contributed by atoms with Gasteiger partial charge in [0.2, 0.25) is 5.91 Å². The van der Waals surface area contributed by atoms with E-state index in [1.165, 1.54) is 0 Å². The normalized spacial score (nSPS) is 15.5. The van der Waals surface area contributed by atoms with Crippen LogP contribution in [0.3, 0.4) is 0 Å². The van der Waals surface area contributed by atoms with Crippen molar-refractivity contribution in [2.24, 2.45) is 5.73 Å². The number of hydrogen-bond donors (Lipinski definition) is 2. The number of H-pyrrole nitrogens is 1. The fourth-order valence-corrected chi connectivity index (χ4v) is 3.36. The van der Waals surface area contributed by atoms with Crippen LogP contribution in [0, 0.1) is 0 Å². The Morgan fingerprint density at radius 3 is 2.96 bits per heavy atom. The number of amides is 1. The van der Waals surface area contributed by atoms with E-state index in [1.807, 2.05) is 6.07 Å². The summed E-state index contributed by atoms with van der Waals surface area (Å²) in [5.74, 6) is 0.179. The van der Waals surface area contributed by atoms with Crippen LogP contribution in [0.4, 0.5) is 0 Å². The van der Waals surface area contributed by atoms with Crippen LogP contribution in [-0.4, -0.2) is 60.2 Å². The largest absolute Gasteiger partial charge is 0.491 e. The Kier molecular flexibility index (Phi) is 4.73. The van der Waals surface area contributed by atoms with Gasteiger partial charge < -0.3 is 20.2 Å². The number of aromatic nitrogens is 2. The molecule has 2 aromatic heterocycles. The van der Waals surface area contributed by atoms with Crippen LogP contribution in [0.1, 0.15) is 16.8 Å². The third-order valence-electron chi connectivity index (χ3n) is 4.74. The summed E-state index contributed by atoms with van der Waals surface area (Å²) in [5.41, 5.74) is 7.75. The van der Waals surface area contributed by atoms with Gasteiger partial charge >= 0.3 is 0 Å². The number of hydrogen-bond acceptors (Lipinski definition) is 5. The highest BCUT2D eigenvalue weighted by molar-refractivity contribution is 6.11. The van der Waals surface area contributed by atoms with Crippen molar-refractivity contribution in [1.29, 1.82) is 0 Å². The maximum atomic E-state index is 11.7. The fraction of sp³-hybridized carbons (Fsp3) is 0.368. The monoisotopic (exact) mass is 354 g/mol. The van der Waals surface area contributed by atoms with E-state index in [0.717, 1.165) is 61.1 Å². The van der Waals surface area contributed by atoms with E-state index in [9.17, 15) is 4.79 Å². The number of nitrogens with zero attached hydrogens (tertiary/aromatic N) is 2. The molecule has 7 heteroatoms. The third kappa shape index (κ3) is 3.36. The zero-order valence-electron chi connectivity index (χ0n) is 14.5. The number of benzene rings is 1. The number of carbonyl (C=O) groups is 1. The van der Waals surface area contributed by atoms with Gasteiger partial charge in [0.15, 0.2) is 0 Å². The quantitative estimate of drug-likeness (QED) is 0.660. The predicted molar refractivity (Wildman–Crippen MR) is 99.5 cm³/mol. The summed E-state index contributed by atoms with van der Waals surface area (Å²) in [6, 6.07) is 5.41. The number of nitrogens with two attached hydrogens (primary N) is 1. The molecule has 1 aliphatic heterocycles. The lowest BCUT2D eigenvalue weighted by molar-refractivity contribution is 0.0358. The van der Waals surface area contributed by atoms with E-state index in [-0.39, 0.29) is 0 Å². The smallest absolute Gasteiger partial charge is 0.248 e. The summed E-state index contributed by atoms with van der Waals surface area (Å²) in [5, 5.41) is 1.84. The molecule has 0 spiro atoms. The van der Waals surface area contributed by atoms with E-state index in [0.29, 0.717) is 17.9 Å². The minimum absolute atomic E-state index is 0.436. The van der Waals surface area contributed by atoms with Crippen molar-refractivity contribution in [3.05, 3.63) is 36.2 Å². The van der Waals surface area contributed by atoms with Crippen LogP contribution >= 0.6 is 0 Å². The topological polar surface area (TPSA) is 93.5 Å². The average Bonchev–Trinajstić information content (AvgIpc) is 3.05. The standard InChI is InChI=1S/C19H22N4O3/c20-19(24)13-10-14-15-12-21-3-2-16(15)22-18(14)17(11-13)26-7-1-4-23-5-8-25-9-6-23/h2-3,10-12,22H,1,4-9H2,(H2,20,24). The molecule has 3 aromatic rings. The summed E-state index contributed by atoms with van der Waals surface area (Å²) in [4.78, 5) is 21.6. The van der Waals surface area contributed by atoms with Gasteiger partial charge in [0, 0.05) is 53.9 Å². The second-order valence-corrected chi connectivity index (χ2v) is 6.46. The van der Waals surface area contributed by atoms with E-state index in [1.54, 1.807) is 24.5 Å². The maximum absolute atomic E-state index is 11.7. The molecule has 1 amide bonds. The second-order valence-electron chi connectivity index (χ2n) is 6.46. The first kappa shape index (κ1) is 16.8. The minimum atomic E-state index is -0.469. The van der Waals surface area contributed by atoms with Crippen molar-refractivity contribution in [2.45, 2.75) is 6.42 Å². The highest BCUT2D eigenvalue weighted by atomic mass is 16.5. The van der Waals surface area contributed by atoms with Crippen LogP contribution in [0.25, 0.3) is 21.8 Å². The highest BCUT2D eigenvalue weighted by Gasteiger charge is 2.14. The third-order valence-corrected chi connectivity index (χ3v) is 4.74. The van der Waals surface area contributed by atoms with E-state index in [4.69, 9.17) is 15.2 Å². The summed E-state index contributed by atoms with van der Waals surface area (Å²) in [7, 11) is 0. The first-order valence-corrected chi connectivity index (χ1v) is 8.84. The van der Waals surface area contributed by atoms with Gasteiger partial charge in [0.1, 0.15) is 5.75 Å². The van der Waals surface area contributed by atoms with Crippen LogP contribution in [0.15, 0.2) is 30.6 Å². The molecule has 3 heterocycles. The van der Waals surface area contributed by atoms with Gasteiger partial charge in [0.05, 0.1) is 25.3 Å². The number of pyridine rings is 1. The summed E-state index contributed by atoms with van der Waals surface area (Å²) in [6.07, 6.45) is 4.42. The first-order valence-electron chi connectivity index (χ1n) is 8.84. The molecular weight excluding hydrogens is 332 g/mol. The molecule has 1 aromatic carbocycles. The Labute approximate surface area is 151 Å². The molecule has 136 valence electrons. The number of rotatable bonds is 6. The number of fused-ring (bicyclic) bond motifs is 3. The first-order chi connectivity index (χ1) is 12.7. The van der Waals surface area contributed by atoms with Gasteiger partial charge in [-0.25, -0.2) is 0 Å². The molecule has 26 heavy (non-hydrogen) atoms. The van der Waals surface area contributed by atoms with Gasteiger partial charge in [-0.1, -0.05) is 0 Å². The molecule has 0 atom stereocenters. The van der Waals surface area contributed by atoms with E-state index >= 15 is 0 Å². The van der Waals surface area contributed by atoms with Gasteiger partial charge in [-0.3, -0.25) is 14.7 Å². The Balaban J connectivity index is 1.55. The second kappa shape index (κ2) is 7.31. The SMILES string of the molecule is NC(=O)c1cc(OCCCN2CCOCC2)c2[nH]c3ccncc3c2c1. The van der Waals surface area contributed by atoms with Crippen molar-refractivity contribution in [3.63, 3.8) is 0 Å². The number of carbonyl (C=O) groups excluding carboxylic acids is 1. The number of morpholine rings is 1. The van der Waals surface area contributed by atoms with Crippen LogP contribution < -0.4 is 10.5 Å². The molecule has 0 radical (unpaired) electrons. The van der Waals surface area contributed by atoms with Crippen LogP contribution in [0.2, 0.25) is 0 Å². The zero-order valence-corrected chi connectivity index (χ0v) is 14.5. The van der Waals surface area contributed by atoms with Crippen molar-refractivity contribution < 1.29 is 14.3 Å². The molecule has 7 nitrogen and oxygen atoms in total. The minimum Gasteiger partial charge on any atom is -0.491 e. The van der Waals surface area contributed by atoms with Crippen molar-refractivity contribution in [3.8, 4) is 5.75 Å². The Morgan fingerprint density at radius 2 is 2.15 bits per heavy atom. The summed E-state index contributed by atoms with van der Waals surface area (Å²) < 4.78 is 11.4. The molecule has 0 bridgehead atoms. The Morgan fingerprint density at radius 1 is 1.31 bits per heavy atom. The number of nitrogens with one attached hydrogen (secondary N) is 1. The maximum Gasteiger partial charge on any atom is 0.248 e. The average molecular weight is 354 g/mol. The molecular formula is C19H22N4O3. The van der Waals surface area contributed by atoms with Gasteiger partial charge in [-0.15, -0.1) is 0 Å². The molecule has 3 N–H and O–H groups in total. The lowest BCUT2D eigenvalue weighted by Gasteiger charge is -2.26. The van der Waals surface area contributed by atoms with Gasteiger partial charge in [-0.2, -0.15) is 0 Å². The molecule has 1 fully saturated rings. The Bertz CT molecular complexity index is 931. The summed E-state index contributed by atoms with van der Waals surface area (Å²) >= 11 is 0. The Hall–Kier alpha value is -2.64. The fourth-order valence-electron chi connectivity index (χ4n) is 3.36. The van der Waals surface area contributed by atoms with E-state index in [2.05, 4.69) is 14.9 Å². The lowest BCUT2D eigenvalue weighted by Crippen LogP contribution is -2.37. The number of aromatic amines is 1. The highest BCUT2D eigenvalue weighted by Crippen LogP contribution is 2.32. The van der Waals surface area contributed by atoms with Gasteiger partial charge in [0.25, 0.3) is 0 Å². The summed E-state index contributed by atoms with van der Waals surface area (Å²) in [6.45, 7) is 5.07. The molecule has 4 rings (SSSR count). The number of primary amides is 1. The van der Waals surface area contributed by atoms with Gasteiger partial charge in [-0.05, 0) is 24.6 Å². The molecule has 1 aliphatic rings. The van der Waals surface area contributed by atoms with Crippen molar-refractivity contribution >= 4 is 27.7 Å². The number of ether oxygens (including phenoxy) is 2. The van der Waals surface area contributed by atoms with Crippen molar-refractivity contribution in [2.75, 3.05) is 39.5 Å². The van der Waals surface area contributed by atoms with E-state index < -0.39 is 5.91 Å². The van der Waals surface area contributed by atoms with Crippen LogP contribution in [-0.2, 0) is 4.74 Å². The lowest BCUT2D eigenvalue weighted by atomic mass is 10.1. The zero-order chi connectivity index (χ0) is 17.9. The van der Waals surface area contributed by atoms with Crippen LogP contribution in [0.5, 0.6) is 5.75 Å². The molecule has 0 saturated carbocycles.